The van der Waals surface area contributed by atoms with Gasteiger partial charge >= 0.3 is 0 Å². The van der Waals surface area contributed by atoms with E-state index in [9.17, 15) is 0 Å². The molecule has 1 heteroatoms. The average molecular weight is 236 g/mol. The van der Waals surface area contributed by atoms with Crippen LogP contribution < -0.4 is 0 Å². The molecule has 90 valence electrons. The molecule has 0 unspecified atom stereocenters. The van der Waals surface area contributed by atoms with Crippen molar-refractivity contribution in [3.8, 4) is 0 Å². The van der Waals surface area contributed by atoms with Gasteiger partial charge in [-0.05, 0) is 17.2 Å². The van der Waals surface area contributed by atoms with Gasteiger partial charge in [0.05, 0.1) is 6.26 Å². The number of allylic oxidation sites excluding steroid dienone is 2. The summed E-state index contributed by atoms with van der Waals surface area (Å²) in [5, 5.41) is 0. The topological polar surface area (TPSA) is 9.23 Å². The van der Waals surface area contributed by atoms with E-state index in [2.05, 4.69) is 12.1 Å². The molecule has 18 heavy (non-hydrogen) atoms. The van der Waals surface area contributed by atoms with Crippen molar-refractivity contribution in [2.75, 3.05) is 0 Å². The van der Waals surface area contributed by atoms with Crippen LogP contribution in [0, 0.1) is 0 Å². The second kappa shape index (κ2) is 7.13. The molecule has 0 saturated heterocycles. The van der Waals surface area contributed by atoms with Crippen LogP contribution in [0.1, 0.15) is 11.1 Å². The van der Waals surface area contributed by atoms with Gasteiger partial charge in [-0.1, -0.05) is 72.8 Å². The van der Waals surface area contributed by atoms with Crippen LogP contribution in [0.25, 0.3) is 6.08 Å². The van der Waals surface area contributed by atoms with Crippen molar-refractivity contribution in [3.63, 3.8) is 0 Å². The molecule has 2 aromatic rings. The molecular weight excluding hydrogens is 220 g/mol. The Kier molecular flexibility index (Phi) is 4.82. The van der Waals surface area contributed by atoms with Gasteiger partial charge in [-0.25, -0.2) is 0 Å². The number of rotatable bonds is 5. The average Bonchev–Trinajstić information content (AvgIpc) is 2.45. The predicted octanol–water partition coefficient (Wildman–Crippen LogP) is 4.43. The lowest BCUT2D eigenvalue weighted by atomic mass is 10.2. The van der Waals surface area contributed by atoms with Gasteiger partial charge in [0.2, 0.25) is 0 Å². The number of hydrogen-bond donors (Lipinski definition) is 0. The minimum absolute atomic E-state index is 0.608. The molecule has 1 nitrogen and oxygen atoms in total. The van der Waals surface area contributed by atoms with E-state index in [1.807, 2.05) is 66.8 Å². The van der Waals surface area contributed by atoms with Crippen LogP contribution >= 0.6 is 0 Å². The van der Waals surface area contributed by atoms with E-state index in [4.69, 9.17) is 4.74 Å². The van der Waals surface area contributed by atoms with Gasteiger partial charge < -0.3 is 4.74 Å². The van der Waals surface area contributed by atoms with Crippen LogP contribution in [-0.4, -0.2) is 0 Å². The smallest absolute Gasteiger partial charge is 0.112 e. The highest BCUT2D eigenvalue weighted by Gasteiger charge is 1.87. The van der Waals surface area contributed by atoms with Gasteiger partial charge in [0.1, 0.15) is 6.61 Å². The molecule has 0 aliphatic carbocycles. The van der Waals surface area contributed by atoms with Crippen molar-refractivity contribution in [3.05, 3.63) is 90.2 Å². The minimum Gasteiger partial charge on any atom is -0.497 e. The summed E-state index contributed by atoms with van der Waals surface area (Å²) in [6.45, 7) is 0.608. The lowest BCUT2D eigenvalue weighted by Gasteiger charge is -1.99. The zero-order valence-electron chi connectivity index (χ0n) is 10.2. The van der Waals surface area contributed by atoms with Crippen molar-refractivity contribution in [1.82, 2.24) is 0 Å². The summed E-state index contributed by atoms with van der Waals surface area (Å²) in [6, 6.07) is 20.3. The monoisotopic (exact) mass is 236 g/mol. The van der Waals surface area contributed by atoms with E-state index >= 15 is 0 Å². The zero-order chi connectivity index (χ0) is 12.5. The first-order chi connectivity index (χ1) is 8.95. The largest absolute Gasteiger partial charge is 0.497 e. The van der Waals surface area contributed by atoms with Gasteiger partial charge in [0.15, 0.2) is 0 Å². The highest BCUT2D eigenvalue weighted by atomic mass is 16.5. The van der Waals surface area contributed by atoms with E-state index in [-0.39, 0.29) is 0 Å². The predicted molar refractivity (Wildman–Crippen MR) is 75.8 cm³/mol. The quantitative estimate of drug-likeness (QED) is 0.551. The first-order valence-electron chi connectivity index (χ1n) is 5.99. The number of benzene rings is 2. The first kappa shape index (κ1) is 12.2. The van der Waals surface area contributed by atoms with Crippen LogP contribution in [0.4, 0.5) is 0 Å². The Morgan fingerprint density at radius 1 is 0.778 bits per heavy atom. The fourth-order valence-corrected chi connectivity index (χ4v) is 1.55. The standard InChI is InChI=1S/C17H16O/c1-3-9-16(10-4-1)11-7-8-14-18-15-17-12-5-2-6-13-17/h1-14H,15H2/b11-7+,14-8-. The molecule has 0 fully saturated rings. The fourth-order valence-electron chi connectivity index (χ4n) is 1.55. The molecule has 0 aliphatic rings. The molecule has 2 aromatic carbocycles. The SMILES string of the molecule is C(=C/OCc1ccccc1)/C=C/c1ccccc1. The maximum Gasteiger partial charge on any atom is 0.112 e. The van der Waals surface area contributed by atoms with E-state index in [0.29, 0.717) is 6.61 Å². The lowest BCUT2D eigenvalue weighted by molar-refractivity contribution is 0.236. The molecule has 0 saturated carbocycles. The third-order valence-electron chi connectivity index (χ3n) is 2.47. The Hall–Kier alpha value is -2.28. The van der Waals surface area contributed by atoms with Crippen LogP contribution in [0.5, 0.6) is 0 Å². The molecule has 2 rings (SSSR count). The van der Waals surface area contributed by atoms with Gasteiger partial charge in [-0.3, -0.25) is 0 Å². The Morgan fingerprint density at radius 3 is 2.17 bits per heavy atom. The molecule has 0 radical (unpaired) electrons. The van der Waals surface area contributed by atoms with E-state index < -0.39 is 0 Å². The molecule has 0 aliphatic heterocycles. The van der Waals surface area contributed by atoms with Crippen molar-refractivity contribution in [1.29, 1.82) is 0 Å². The van der Waals surface area contributed by atoms with Gasteiger partial charge in [0, 0.05) is 0 Å². The third-order valence-corrected chi connectivity index (χ3v) is 2.47. The van der Waals surface area contributed by atoms with Crippen LogP contribution in [0.3, 0.4) is 0 Å². The summed E-state index contributed by atoms with van der Waals surface area (Å²) in [6.07, 6.45) is 7.63. The molecular formula is C17H16O. The molecule has 0 amide bonds. The summed E-state index contributed by atoms with van der Waals surface area (Å²) < 4.78 is 5.43. The maximum atomic E-state index is 5.43. The van der Waals surface area contributed by atoms with Gasteiger partial charge in [0.25, 0.3) is 0 Å². The zero-order valence-corrected chi connectivity index (χ0v) is 10.2. The van der Waals surface area contributed by atoms with Gasteiger partial charge in [-0.2, -0.15) is 0 Å². The Bertz CT molecular complexity index is 498. The number of ether oxygens (including phenoxy) is 1. The maximum absolute atomic E-state index is 5.43. The van der Waals surface area contributed by atoms with Gasteiger partial charge in [-0.15, -0.1) is 0 Å². The summed E-state index contributed by atoms with van der Waals surface area (Å²) in [5.41, 5.74) is 2.36. The van der Waals surface area contributed by atoms with Crippen LogP contribution in [0.2, 0.25) is 0 Å². The van der Waals surface area contributed by atoms with Crippen molar-refractivity contribution in [2.24, 2.45) is 0 Å². The summed E-state index contributed by atoms with van der Waals surface area (Å²) >= 11 is 0. The third kappa shape index (κ3) is 4.30. The molecule has 0 bridgehead atoms. The Labute approximate surface area is 108 Å². The minimum atomic E-state index is 0.608. The Morgan fingerprint density at radius 2 is 1.44 bits per heavy atom. The van der Waals surface area contributed by atoms with E-state index in [1.165, 1.54) is 11.1 Å². The normalized spacial score (nSPS) is 11.1. The second-order valence-corrected chi connectivity index (χ2v) is 3.89. The van der Waals surface area contributed by atoms with E-state index in [0.717, 1.165) is 0 Å². The number of hydrogen-bond acceptors (Lipinski definition) is 1. The molecule has 0 spiro atoms. The molecule has 0 atom stereocenters. The summed E-state index contributed by atoms with van der Waals surface area (Å²) in [7, 11) is 0. The van der Waals surface area contributed by atoms with Crippen molar-refractivity contribution >= 4 is 6.08 Å². The Balaban J connectivity index is 1.74. The molecule has 0 heterocycles. The fraction of sp³-hybridized carbons (Fsp3) is 0.0588. The molecule has 0 N–H and O–H groups in total. The van der Waals surface area contributed by atoms with Crippen LogP contribution in [-0.2, 0) is 11.3 Å². The second-order valence-electron chi connectivity index (χ2n) is 3.89. The summed E-state index contributed by atoms with van der Waals surface area (Å²) in [4.78, 5) is 0. The van der Waals surface area contributed by atoms with Crippen molar-refractivity contribution < 1.29 is 4.74 Å². The first-order valence-corrected chi connectivity index (χ1v) is 5.99. The van der Waals surface area contributed by atoms with Crippen molar-refractivity contribution in [2.45, 2.75) is 6.61 Å². The highest BCUT2D eigenvalue weighted by Crippen LogP contribution is 2.02. The van der Waals surface area contributed by atoms with E-state index in [1.54, 1.807) is 6.26 Å². The summed E-state index contributed by atoms with van der Waals surface area (Å²) in [5.74, 6) is 0. The van der Waals surface area contributed by atoms with Crippen LogP contribution in [0.15, 0.2) is 79.1 Å². The lowest BCUT2D eigenvalue weighted by Crippen LogP contribution is -1.84. The molecule has 0 aromatic heterocycles. The highest BCUT2D eigenvalue weighted by molar-refractivity contribution is 5.50.